The first-order chi connectivity index (χ1) is 16.7. The number of rotatable bonds is 7. The number of ether oxygens (including phenoxy) is 1. The Morgan fingerprint density at radius 3 is 2.53 bits per heavy atom. The molecule has 0 amide bonds. The Kier molecular flexibility index (Phi) is 7.67. The molecule has 196 valence electrons. The lowest BCUT2D eigenvalue weighted by Gasteiger charge is -2.60. The maximum Gasteiger partial charge on any atom is 0.302 e. The Morgan fingerprint density at radius 2 is 1.97 bits per heavy atom. The quantitative estimate of drug-likeness (QED) is 0.285. The van der Waals surface area contributed by atoms with Crippen LogP contribution in [0.2, 0.25) is 0 Å². The van der Waals surface area contributed by atoms with Gasteiger partial charge < -0.3 is 4.74 Å². The molecular weight excluding hydrogens is 444 g/mol. The number of carbonyl (C=O) groups is 1. The van der Waals surface area contributed by atoms with E-state index >= 15 is 0 Å². The summed E-state index contributed by atoms with van der Waals surface area (Å²) < 4.78 is 5.69. The minimum atomic E-state index is -0.382. The van der Waals surface area contributed by atoms with Crippen molar-refractivity contribution in [1.29, 1.82) is 5.26 Å². The second kappa shape index (κ2) is 9.81. The fourth-order valence-electron chi connectivity index (χ4n) is 7.28. The van der Waals surface area contributed by atoms with Crippen molar-refractivity contribution in [3.05, 3.63) is 47.8 Å². The van der Waals surface area contributed by atoms with E-state index in [1.54, 1.807) is 0 Å². The summed E-state index contributed by atoms with van der Waals surface area (Å²) in [4.78, 5) is 16.2. The number of pyridine rings is 1. The molecule has 1 aromatic heterocycles. The minimum Gasteiger partial charge on any atom is -0.463 e. The van der Waals surface area contributed by atoms with Crippen LogP contribution in [0.1, 0.15) is 106 Å². The summed E-state index contributed by atoms with van der Waals surface area (Å²) in [5.74, 6) is -0.240. The Morgan fingerprint density at radius 1 is 1.28 bits per heavy atom. The minimum absolute atomic E-state index is 0.0215. The van der Waals surface area contributed by atoms with Gasteiger partial charge in [-0.05, 0) is 84.3 Å². The van der Waals surface area contributed by atoms with E-state index in [-0.39, 0.29) is 39.1 Å². The molecule has 0 radical (unpaired) electrons. The monoisotopic (exact) mass is 490 g/mol. The average molecular weight is 491 g/mol. The Labute approximate surface area is 219 Å². The highest BCUT2D eigenvalue weighted by molar-refractivity contribution is 5.72. The first-order valence-electron chi connectivity index (χ1n) is 13.5. The highest BCUT2D eigenvalue weighted by Crippen LogP contribution is 2.66. The van der Waals surface area contributed by atoms with Gasteiger partial charge in [0, 0.05) is 30.3 Å². The topological polar surface area (TPSA) is 63.0 Å². The van der Waals surface area contributed by atoms with E-state index in [1.807, 2.05) is 31.5 Å². The predicted molar refractivity (Wildman–Crippen MR) is 147 cm³/mol. The molecule has 1 fully saturated rings. The van der Waals surface area contributed by atoms with E-state index in [9.17, 15) is 10.1 Å². The molecule has 4 atom stereocenters. The van der Waals surface area contributed by atoms with Crippen LogP contribution < -0.4 is 0 Å². The molecule has 1 aromatic rings. The van der Waals surface area contributed by atoms with Gasteiger partial charge in [-0.3, -0.25) is 9.78 Å². The molecule has 0 N–H and O–H groups in total. The fraction of sp³-hybridized carbons (Fsp3) is 0.656. The van der Waals surface area contributed by atoms with Crippen molar-refractivity contribution in [1.82, 2.24) is 4.98 Å². The van der Waals surface area contributed by atoms with E-state index in [4.69, 9.17) is 4.74 Å². The third kappa shape index (κ3) is 4.55. The van der Waals surface area contributed by atoms with Crippen LogP contribution in [0.25, 0.3) is 5.57 Å². The highest BCUT2D eigenvalue weighted by atomic mass is 16.5. The van der Waals surface area contributed by atoms with Gasteiger partial charge in [-0.25, -0.2) is 0 Å². The third-order valence-electron chi connectivity index (χ3n) is 10.8. The van der Waals surface area contributed by atoms with Gasteiger partial charge in [0.25, 0.3) is 0 Å². The first kappa shape index (κ1) is 28.2. The standard InChI is InChI=1S/C32H46N2O2/c1-10-25(21-33)31(8)20-26(36-23(2)35)13-16-32(31,9)29(5,6)17-18-30(7)27(14-15-28(30,3)4)24-12-11-19-34-22-24/h10-12,14,19,22,26H,13,15-18,20H2,1-9H3/b25-10-/t26-,30+,31+,32+/m0/s1. The van der Waals surface area contributed by atoms with Crippen molar-refractivity contribution in [3.63, 3.8) is 0 Å². The van der Waals surface area contributed by atoms with Gasteiger partial charge in [-0.1, -0.05) is 66.7 Å². The molecule has 2 aliphatic rings. The van der Waals surface area contributed by atoms with E-state index in [2.05, 4.69) is 71.7 Å². The third-order valence-corrected chi connectivity index (χ3v) is 10.8. The van der Waals surface area contributed by atoms with Crippen molar-refractivity contribution in [2.24, 2.45) is 27.1 Å². The Bertz CT molecular complexity index is 1080. The number of nitrogens with zero attached hydrogens (tertiary/aromatic N) is 2. The molecule has 0 bridgehead atoms. The lowest BCUT2D eigenvalue weighted by molar-refractivity contribution is -0.158. The molecule has 3 rings (SSSR count). The highest BCUT2D eigenvalue weighted by Gasteiger charge is 2.59. The Balaban J connectivity index is 1.96. The van der Waals surface area contributed by atoms with Gasteiger partial charge in [0.05, 0.1) is 6.07 Å². The fourth-order valence-corrected chi connectivity index (χ4v) is 7.28. The van der Waals surface area contributed by atoms with Crippen molar-refractivity contribution in [2.75, 3.05) is 0 Å². The molecule has 2 aliphatic carbocycles. The van der Waals surface area contributed by atoms with Gasteiger partial charge in [-0.2, -0.15) is 5.26 Å². The second-order valence-corrected chi connectivity index (χ2v) is 13.1. The van der Waals surface area contributed by atoms with E-state index < -0.39 is 0 Å². The van der Waals surface area contributed by atoms with Crippen LogP contribution in [-0.2, 0) is 9.53 Å². The molecule has 0 unspecified atom stereocenters. The summed E-state index contributed by atoms with van der Waals surface area (Å²) in [6.45, 7) is 20.0. The van der Waals surface area contributed by atoms with Gasteiger partial charge >= 0.3 is 5.97 Å². The molecular formula is C32H46N2O2. The molecule has 0 saturated heterocycles. The van der Waals surface area contributed by atoms with Crippen molar-refractivity contribution >= 4 is 11.5 Å². The predicted octanol–water partition coefficient (Wildman–Crippen LogP) is 8.31. The summed E-state index contributed by atoms with van der Waals surface area (Å²) >= 11 is 0. The number of carbonyl (C=O) groups excluding carboxylic acids is 1. The number of aromatic nitrogens is 1. The molecule has 1 saturated carbocycles. The van der Waals surface area contributed by atoms with Crippen LogP contribution in [0.3, 0.4) is 0 Å². The number of esters is 1. The number of hydrogen-bond donors (Lipinski definition) is 0. The smallest absolute Gasteiger partial charge is 0.302 e. The van der Waals surface area contributed by atoms with E-state index in [0.717, 1.165) is 37.7 Å². The number of hydrogen-bond acceptors (Lipinski definition) is 4. The molecule has 4 heteroatoms. The van der Waals surface area contributed by atoms with Crippen LogP contribution in [0.15, 0.2) is 42.3 Å². The van der Waals surface area contributed by atoms with Crippen LogP contribution in [-0.4, -0.2) is 17.1 Å². The lowest BCUT2D eigenvalue weighted by Crippen LogP contribution is -2.54. The van der Waals surface area contributed by atoms with Gasteiger partial charge in [0.15, 0.2) is 0 Å². The largest absolute Gasteiger partial charge is 0.463 e. The van der Waals surface area contributed by atoms with Crippen LogP contribution in [0.4, 0.5) is 0 Å². The van der Waals surface area contributed by atoms with Crippen molar-refractivity contribution in [3.8, 4) is 6.07 Å². The van der Waals surface area contributed by atoms with E-state index in [0.29, 0.717) is 6.42 Å². The second-order valence-electron chi connectivity index (χ2n) is 13.1. The van der Waals surface area contributed by atoms with Gasteiger partial charge in [-0.15, -0.1) is 0 Å². The zero-order chi connectivity index (χ0) is 27.0. The summed E-state index contributed by atoms with van der Waals surface area (Å²) in [7, 11) is 0. The molecule has 0 aliphatic heterocycles. The summed E-state index contributed by atoms with van der Waals surface area (Å²) in [6.07, 6.45) is 13.7. The van der Waals surface area contributed by atoms with E-state index in [1.165, 1.54) is 18.1 Å². The number of allylic oxidation sites excluding steroid dienone is 4. The lowest BCUT2D eigenvalue weighted by atomic mass is 9.44. The van der Waals surface area contributed by atoms with Gasteiger partial charge in [0.2, 0.25) is 0 Å². The first-order valence-corrected chi connectivity index (χ1v) is 13.5. The summed E-state index contributed by atoms with van der Waals surface area (Å²) in [5, 5.41) is 10.1. The maximum absolute atomic E-state index is 11.8. The normalized spacial score (nSPS) is 32.5. The van der Waals surface area contributed by atoms with Crippen molar-refractivity contribution < 1.29 is 9.53 Å². The van der Waals surface area contributed by atoms with Crippen LogP contribution in [0, 0.1) is 38.4 Å². The molecule has 4 nitrogen and oxygen atoms in total. The average Bonchev–Trinajstić information content (AvgIpc) is 3.05. The SMILES string of the molecule is C/C=C(/C#N)[C@@]1(C)C[C@@H](OC(C)=O)CC[C@]1(C)C(C)(C)CC[C@]1(C)C(c2cccnc2)=CCC1(C)C. The summed E-state index contributed by atoms with van der Waals surface area (Å²) in [6, 6.07) is 6.73. The molecule has 0 spiro atoms. The maximum atomic E-state index is 11.8. The Hall–Kier alpha value is -2.41. The van der Waals surface area contributed by atoms with Crippen LogP contribution >= 0.6 is 0 Å². The molecule has 1 heterocycles. The number of nitriles is 1. The van der Waals surface area contributed by atoms with Crippen LogP contribution in [0.5, 0.6) is 0 Å². The van der Waals surface area contributed by atoms with Gasteiger partial charge in [0.1, 0.15) is 6.10 Å². The van der Waals surface area contributed by atoms with Crippen molar-refractivity contribution in [2.45, 2.75) is 107 Å². The molecule has 0 aromatic carbocycles. The zero-order valence-corrected chi connectivity index (χ0v) is 24.0. The molecule has 36 heavy (non-hydrogen) atoms. The summed E-state index contributed by atoms with van der Waals surface area (Å²) in [5.41, 5.74) is 3.04. The zero-order valence-electron chi connectivity index (χ0n) is 24.0.